The van der Waals surface area contributed by atoms with Gasteiger partial charge in [0.15, 0.2) is 5.69 Å². The highest BCUT2D eigenvalue weighted by molar-refractivity contribution is 7.21. The molecule has 3 aromatic heterocycles. The molecule has 288 valence electrons. The lowest BCUT2D eigenvalue weighted by Gasteiger charge is -2.29. The third-order valence-corrected chi connectivity index (χ3v) is 11.3. The van der Waals surface area contributed by atoms with Gasteiger partial charge in [0.2, 0.25) is 17.7 Å². The first-order valence-electron chi connectivity index (χ1n) is 18.6. The van der Waals surface area contributed by atoms with Crippen molar-refractivity contribution in [3.8, 4) is 16.6 Å². The van der Waals surface area contributed by atoms with Gasteiger partial charge in [-0.15, -0.1) is 24.5 Å². The van der Waals surface area contributed by atoms with Gasteiger partial charge in [-0.25, -0.2) is 29.7 Å². The number of hydrogen-bond acceptors (Lipinski definition) is 11. The number of likely N-dealkylation sites (tertiary alicyclic amines) is 1. The molecule has 4 heterocycles. The lowest BCUT2D eigenvalue weighted by atomic mass is 10.0. The molecule has 14 nitrogen and oxygen atoms in total. The second kappa shape index (κ2) is 16.3. The average Bonchev–Trinajstić information content (AvgIpc) is 3.50. The van der Waals surface area contributed by atoms with Crippen LogP contribution >= 0.6 is 11.3 Å². The van der Waals surface area contributed by atoms with Crippen molar-refractivity contribution in [3.63, 3.8) is 0 Å². The molecular formula is C41H42N8O6S. The Morgan fingerprint density at radius 2 is 1.71 bits per heavy atom. The summed E-state index contributed by atoms with van der Waals surface area (Å²) in [4.78, 5) is 78.8. The minimum atomic E-state index is -1.53. The van der Waals surface area contributed by atoms with Crippen LogP contribution in [0.5, 0.6) is 5.88 Å². The minimum Gasteiger partial charge on any atom is -0.479 e. The maximum atomic E-state index is 14.7. The van der Waals surface area contributed by atoms with Crippen LogP contribution in [-0.4, -0.2) is 88.9 Å². The number of thiazole rings is 1. The number of hydrogen-bond donors (Lipinski definition) is 3. The molecule has 0 bridgehead atoms. The van der Waals surface area contributed by atoms with Gasteiger partial charge >= 0.3 is 5.97 Å². The van der Waals surface area contributed by atoms with Crippen molar-refractivity contribution in [2.45, 2.75) is 75.6 Å². The fraction of sp³-hybridized carbons (Fsp3) is 0.341. The number of nitrogens with zero attached hydrogens (tertiary/aromatic N) is 6. The molecule has 3 amide bonds. The molecule has 56 heavy (non-hydrogen) atoms. The summed E-state index contributed by atoms with van der Waals surface area (Å²) in [6.07, 6.45) is 8.92. The summed E-state index contributed by atoms with van der Waals surface area (Å²) in [5, 5.41) is 16.3. The van der Waals surface area contributed by atoms with Crippen LogP contribution in [0.25, 0.3) is 32.0 Å². The second-order valence-corrected chi connectivity index (χ2v) is 15.1. The monoisotopic (exact) mass is 774 g/mol. The van der Waals surface area contributed by atoms with E-state index in [0.717, 1.165) is 29.5 Å². The fourth-order valence-electron chi connectivity index (χ4n) is 7.05. The second-order valence-electron chi connectivity index (χ2n) is 14.1. The number of carbonyl (C=O) groups excluding carboxylic acids is 3. The van der Waals surface area contributed by atoms with Crippen LogP contribution in [0.1, 0.15) is 61.1 Å². The first-order valence-corrected chi connectivity index (χ1v) is 19.4. The van der Waals surface area contributed by atoms with Gasteiger partial charge in [0.25, 0.3) is 5.91 Å². The van der Waals surface area contributed by atoms with Crippen molar-refractivity contribution < 1.29 is 29.0 Å². The van der Waals surface area contributed by atoms with E-state index in [2.05, 4.69) is 33.8 Å². The number of carboxylic acid groups (broad SMARTS) is 1. The van der Waals surface area contributed by atoms with Gasteiger partial charge in [0.1, 0.15) is 34.6 Å². The highest BCUT2D eigenvalue weighted by atomic mass is 32.1. The number of aryl methyl sites for hydroxylation is 1. The normalized spacial score (nSPS) is 20.7. The Bertz CT molecular complexity index is 2280. The number of aromatic nitrogens is 5. The third kappa shape index (κ3) is 7.98. The van der Waals surface area contributed by atoms with Gasteiger partial charge in [-0.2, -0.15) is 0 Å². The average molecular weight is 775 g/mol. The number of carboxylic acids is 1. The van der Waals surface area contributed by atoms with Crippen LogP contribution in [0, 0.1) is 12.8 Å². The third-order valence-electron chi connectivity index (χ3n) is 10.2. The molecule has 2 unspecified atom stereocenters. The number of unbranched alkanes of at least 4 members (excludes halogenated alkanes) is 3. The van der Waals surface area contributed by atoms with E-state index in [1.807, 2.05) is 54.6 Å². The summed E-state index contributed by atoms with van der Waals surface area (Å²) in [6.45, 7) is 9.16. The fourth-order valence-corrected chi connectivity index (χ4v) is 8.00. The first-order chi connectivity index (χ1) is 27.1. The number of nitrogens with one attached hydrogen (secondary N) is 2. The molecule has 2 aliphatic rings. The molecule has 5 atom stereocenters. The predicted molar refractivity (Wildman–Crippen MR) is 211 cm³/mol. The van der Waals surface area contributed by atoms with Gasteiger partial charge in [0, 0.05) is 24.7 Å². The maximum absolute atomic E-state index is 14.7. The minimum absolute atomic E-state index is 0.0195. The van der Waals surface area contributed by atoms with Crippen LogP contribution in [0.15, 0.2) is 86.2 Å². The zero-order valence-electron chi connectivity index (χ0n) is 30.9. The molecule has 1 saturated carbocycles. The van der Waals surface area contributed by atoms with E-state index >= 15 is 0 Å². The summed E-state index contributed by atoms with van der Waals surface area (Å²) in [5.74, 6) is -2.66. The quantitative estimate of drug-likeness (QED) is 0.0856. The molecule has 2 fully saturated rings. The molecule has 5 aromatic rings. The maximum Gasteiger partial charge on any atom is 0.330 e. The van der Waals surface area contributed by atoms with Crippen molar-refractivity contribution in [1.82, 2.24) is 40.5 Å². The van der Waals surface area contributed by atoms with Crippen LogP contribution in [0.3, 0.4) is 0 Å². The summed E-state index contributed by atoms with van der Waals surface area (Å²) in [5.41, 5.74) is 1.09. The zero-order chi connectivity index (χ0) is 39.4. The van der Waals surface area contributed by atoms with E-state index in [9.17, 15) is 24.3 Å². The van der Waals surface area contributed by atoms with Crippen LogP contribution in [0.2, 0.25) is 0 Å². The molecule has 7 rings (SSSR count). The summed E-state index contributed by atoms with van der Waals surface area (Å²) >= 11 is 1.44. The Balaban J connectivity index is 1.21. The van der Waals surface area contributed by atoms with E-state index in [1.54, 1.807) is 6.92 Å². The Morgan fingerprint density at radius 1 is 1.00 bits per heavy atom. The largest absolute Gasteiger partial charge is 0.479 e. The predicted octanol–water partition coefficient (Wildman–Crippen LogP) is 5.43. The number of para-hydroxylation sites is 3. The lowest BCUT2D eigenvalue weighted by Crippen LogP contribution is -2.56. The van der Waals surface area contributed by atoms with Crippen LogP contribution in [-0.2, 0) is 14.4 Å². The molecule has 3 N–H and O–H groups in total. The highest BCUT2D eigenvalue weighted by Crippen LogP contribution is 2.45. The van der Waals surface area contributed by atoms with E-state index in [1.165, 1.54) is 34.7 Å². The van der Waals surface area contributed by atoms with Crippen LogP contribution < -0.4 is 15.4 Å². The molecule has 15 heteroatoms. The highest BCUT2D eigenvalue weighted by Gasteiger charge is 2.61. The number of ether oxygens (including phenoxy) is 1. The molecule has 0 spiro atoms. The number of aliphatic carboxylic acids is 1. The van der Waals surface area contributed by atoms with Gasteiger partial charge < -0.3 is 25.4 Å². The molecule has 1 saturated heterocycles. The molecule has 0 radical (unpaired) electrons. The van der Waals surface area contributed by atoms with E-state index in [-0.39, 0.29) is 30.8 Å². The Hall–Kier alpha value is -6.09. The van der Waals surface area contributed by atoms with E-state index in [0.29, 0.717) is 40.4 Å². The summed E-state index contributed by atoms with van der Waals surface area (Å²) in [6, 6.07) is 12.9. The number of benzene rings is 2. The SMILES string of the molecule is C=CCCCCC[C@H](NC(=O)c1cnc(C)nc1)C(=O)N1C[C@H](Oc2nc3ccccc3nc2-c2nc3ccccc3s2)C[C@H]1C(=O)NC1(C(=O)O)CC1C=C. The molecular weight excluding hydrogens is 733 g/mol. The van der Waals surface area contributed by atoms with Gasteiger partial charge in [-0.3, -0.25) is 14.4 Å². The van der Waals surface area contributed by atoms with Crippen molar-refractivity contribution in [1.29, 1.82) is 0 Å². The van der Waals surface area contributed by atoms with E-state index in [4.69, 9.17) is 19.7 Å². The number of allylic oxidation sites excluding steroid dienone is 1. The van der Waals surface area contributed by atoms with Crippen molar-refractivity contribution in [2.24, 2.45) is 5.92 Å². The van der Waals surface area contributed by atoms with Crippen LogP contribution in [0.4, 0.5) is 0 Å². The molecule has 1 aliphatic carbocycles. The summed E-state index contributed by atoms with van der Waals surface area (Å²) in [7, 11) is 0. The Morgan fingerprint density at radius 3 is 2.39 bits per heavy atom. The number of amides is 3. The lowest BCUT2D eigenvalue weighted by molar-refractivity contribution is -0.145. The van der Waals surface area contributed by atoms with Gasteiger partial charge in [-0.05, 0) is 56.9 Å². The Kier molecular flexibility index (Phi) is 11.1. The van der Waals surface area contributed by atoms with Crippen molar-refractivity contribution in [2.75, 3.05) is 6.54 Å². The standard InChI is InChI=1S/C41H42N8O6S/c1-4-6-7-8-9-17-31(45-35(50)25-21-42-24(3)43-22-25)39(52)49-23-27(19-32(49)36(51)48-41(40(53)54)20-26(41)5-2)55-37-34(44-28-14-10-11-15-29(28)46-37)38-47-30-16-12-13-18-33(30)56-38/h4-5,10-16,18,21-22,26-27,31-32H,1-2,6-9,17,19-20,23H2,3H3,(H,45,50)(H,48,51)(H,53,54)/t26?,27-,31+,32+,41?/m1/s1. The first kappa shape index (κ1) is 38.2. The van der Waals surface area contributed by atoms with Crippen molar-refractivity contribution >= 4 is 56.3 Å². The number of fused-ring (bicyclic) bond motifs is 2. The topological polar surface area (TPSA) is 189 Å². The molecule has 2 aromatic carbocycles. The zero-order valence-corrected chi connectivity index (χ0v) is 31.7. The van der Waals surface area contributed by atoms with Gasteiger partial charge in [0.05, 0.1) is 33.4 Å². The number of rotatable bonds is 16. The smallest absolute Gasteiger partial charge is 0.330 e. The number of carbonyl (C=O) groups is 4. The van der Waals surface area contributed by atoms with Gasteiger partial charge in [-0.1, -0.05) is 49.3 Å². The molecule has 1 aliphatic heterocycles. The van der Waals surface area contributed by atoms with E-state index < -0.39 is 53.3 Å². The van der Waals surface area contributed by atoms with Crippen molar-refractivity contribution in [3.05, 3.63) is 97.6 Å². The Labute approximate surface area is 327 Å². The summed E-state index contributed by atoms with van der Waals surface area (Å²) < 4.78 is 7.56.